The Hall–Kier alpha value is -1.10. The van der Waals surface area contributed by atoms with Crippen LogP contribution in [-0.4, -0.2) is 36.6 Å². The normalized spacial score (nSPS) is 17.3. The lowest BCUT2D eigenvalue weighted by Gasteiger charge is -2.12. The van der Waals surface area contributed by atoms with Crippen LogP contribution in [0.4, 0.5) is 0 Å². The van der Waals surface area contributed by atoms with Crippen molar-refractivity contribution in [3.8, 4) is 0 Å². The van der Waals surface area contributed by atoms with Gasteiger partial charge in [-0.15, -0.1) is 0 Å². The van der Waals surface area contributed by atoms with Crippen LogP contribution in [0.25, 0.3) is 0 Å². The fraction of sp³-hybridized carbons (Fsp3) is 0.778. The summed E-state index contributed by atoms with van der Waals surface area (Å²) in [5.74, 6) is -0.427. The van der Waals surface area contributed by atoms with Crippen LogP contribution in [0.3, 0.4) is 0 Å². The molecule has 14 heavy (non-hydrogen) atoms. The van der Waals surface area contributed by atoms with Gasteiger partial charge in [-0.25, -0.2) is 0 Å². The summed E-state index contributed by atoms with van der Waals surface area (Å²) in [5, 5.41) is 14.1. The predicted molar refractivity (Wildman–Crippen MR) is 50.4 cm³/mol. The van der Waals surface area contributed by atoms with Gasteiger partial charge in [-0.2, -0.15) is 0 Å². The molecule has 0 unspecified atom stereocenters. The monoisotopic (exact) mass is 200 g/mol. The zero-order chi connectivity index (χ0) is 10.6. The average molecular weight is 200 g/mol. The molecule has 3 N–H and O–H groups in total. The molecule has 5 heteroatoms. The summed E-state index contributed by atoms with van der Waals surface area (Å²) in [5.41, 5.74) is -0.0775. The second-order valence-electron chi connectivity index (χ2n) is 3.84. The molecule has 0 aliphatic heterocycles. The summed E-state index contributed by atoms with van der Waals surface area (Å²) in [7, 11) is 0. The van der Waals surface area contributed by atoms with Gasteiger partial charge >= 0.3 is 0 Å². The highest BCUT2D eigenvalue weighted by Gasteiger charge is 2.41. The molecule has 1 aliphatic carbocycles. The maximum absolute atomic E-state index is 11.1. The molecular formula is C9H16N2O3. The van der Waals surface area contributed by atoms with E-state index < -0.39 is 0 Å². The third-order valence-corrected chi connectivity index (χ3v) is 2.45. The summed E-state index contributed by atoms with van der Waals surface area (Å²) in [6.07, 6.45) is 1.92. The van der Waals surface area contributed by atoms with E-state index in [1.165, 1.54) is 6.92 Å². The molecule has 1 aliphatic rings. The topological polar surface area (TPSA) is 78.4 Å². The van der Waals surface area contributed by atoms with Crippen molar-refractivity contribution in [3.05, 3.63) is 0 Å². The first kappa shape index (κ1) is 11.0. The van der Waals surface area contributed by atoms with Crippen molar-refractivity contribution in [1.82, 2.24) is 10.6 Å². The molecular weight excluding hydrogens is 184 g/mol. The number of nitrogens with one attached hydrogen (secondary N) is 2. The van der Waals surface area contributed by atoms with Gasteiger partial charge in [-0.05, 0) is 12.8 Å². The molecule has 1 rings (SSSR count). The predicted octanol–water partition coefficient (Wildman–Crippen LogP) is -0.989. The minimum absolute atomic E-state index is 0.0108. The largest absolute Gasteiger partial charge is 0.396 e. The fourth-order valence-corrected chi connectivity index (χ4v) is 1.12. The van der Waals surface area contributed by atoms with Crippen LogP contribution in [-0.2, 0) is 9.59 Å². The van der Waals surface area contributed by atoms with Gasteiger partial charge in [0.1, 0.15) is 0 Å². The van der Waals surface area contributed by atoms with Gasteiger partial charge < -0.3 is 15.7 Å². The lowest BCUT2D eigenvalue weighted by molar-refractivity contribution is -0.125. The zero-order valence-electron chi connectivity index (χ0n) is 8.30. The van der Waals surface area contributed by atoms with Crippen LogP contribution in [0.1, 0.15) is 19.8 Å². The van der Waals surface area contributed by atoms with Crippen LogP contribution >= 0.6 is 0 Å². The average Bonchev–Trinajstić information content (AvgIpc) is 2.92. The number of amides is 2. The van der Waals surface area contributed by atoms with Gasteiger partial charge in [-0.3, -0.25) is 9.59 Å². The van der Waals surface area contributed by atoms with Gasteiger partial charge in [0, 0.05) is 18.9 Å². The lowest BCUT2D eigenvalue weighted by Crippen LogP contribution is -2.39. The maximum atomic E-state index is 11.1. The Morgan fingerprint density at radius 1 is 1.36 bits per heavy atom. The van der Waals surface area contributed by atoms with Crippen molar-refractivity contribution in [2.45, 2.75) is 19.8 Å². The van der Waals surface area contributed by atoms with Gasteiger partial charge in [0.25, 0.3) is 0 Å². The molecule has 5 nitrogen and oxygen atoms in total. The number of rotatable bonds is 5. The fourth-order valence-electron chi connectivity index (χ4n) is 1.12. The SMILES string of the molecule is CC(=O)NCC(=O)NCC1(CO)CC1. The first-order valence-electron chi connectivity index (χ1n) is 4.70. The van der Waals surface area contributed by atoms with Crippen LogP contribution in [0.15, 0.2) is 0 Å². The highest BCUT2D eigenvalue weighted by atomic mass is 16.3. The number of aliphatic hydroxyl groups excluding tert-OH is 1. The smallest absolute Gasteiger partial charge is 0.239 e. The standard InChI is InChI=1S/C9H16N2O3/c1-7(13)10-4-8(14)11-5-9(6-12)2-3-9/h12H,2-6H2,1H3,(H,10,13)(H,11,14). The third kappa shape index (κ3) is 3.33. The Labute approximate surface area is 82.9 Å². The van der Waals surface area contributed by atoms with Crippen LogP contribution in [0.5, 0.6) is 0 Å². The van der Waals surface area contributed by atoms with E-state index in [2.05, 4.69) is 10.6 Å². The Morgan fingerprint density at radius 3 is 2.43 bits per heavy atom. The lowest BCUT2D eigenvalue weighted by atomic mass is 10.1. The molecule has 0 bridgehead atoms. The van der Waals surface area contributed by atoms with E-state index in [0.717, 1.165) is 12.8 Å². The Balaban J connectivity index is 2.12. The van der Waals surface area contributed by atoms with Crippen molar-refractivity contribution < 1.29 is 14.7 Å². The molecule has 1 fully saturated rings. The van der Waals surface area contributed by atoms with E-state index in [1.54, 1.807) is 0 Å². The highest BCUT2D eigenvalue weighted by molar-refractivity contribution is 5.83. The third-order valence-electron chi connectivity index (χ3n) is 2.45. The molecule has 0 aromatic carbocycles. The molecule has 0 saturated heterocycles. The van der Waals surface area contributed by atoms with Crippen molar-refractivity contribution >= 4 is 11.8 Å². The Kier molecular flexibility index (Phi) is 3.46. The minimum Gasteiger partial charge on any atom is -0.396 e. The number of aliphatic hydroxyl groups is 1. The van der Waals surface area contributed by atoms with Gasteiger partial charge in [0.2, 0.25) is 11.8 Å². The zero-order valence-corrected chi connectivity index (χ0v) is 8.30. The van der Waals surface area contributed by atoms with E-state index in [-0.39, 0.29) is 30.4 Å². The summed E-state index contributed by atoms with van der Waals surface area (Å²) >= 11 is 0. The minimum atomic E-state index is -0.219. The summed E-state index contributed by atoms with van der Waals surface area (Å²) < 4.78 is 0. The number of hydrogen-bond donors (Lipinski definition) is 3. The summed E-state index contributed by atoms with van der Waals surface area (Å²) in [6, 6.07) is 0. The van der Waals surface area contributed by atoms with Gasteiger partial charge in [0.05, 0.1) is 13.2 Å². The van der Waals surface area contributed by atoms with Crippen molar-refractivity contribution in [2.24, 2.45) is 5.41 Å². The molecule has 80 valence electrons. The molecule has 0 aromatic rings. The number of carbonyl (C=O) groups is 2. The van der Waals surface area contributed by atoms with Gasteiger partial charge in [0.15, 0.2) is 0 Å². The van der Waals surface area contributed by atoms with E-state index in [0.29, 0.717) is 6.54 Å². The molecule has 0 aromatic heterocycles. The molecule has 0 radical (unpaired) electrons. The highest BCUT2D eigenvalue weighted by Crippen LogP contribution is 2.44. The molecule has 2 amide bonds. The summed E-state index contributed by atoms with van der Waals surface area (Å²) in [4.78, 5) is 21.6. The van der Waals surface area contributed by atoms with Crippen molar-refractivity contribution in [2.75, 3.05) is 19.7 Å². The van der Waals surface area contributed by atoms with Crippen molar-refractivity contribution in [1.29, 1.82) is 0 Å². The molecule has 0 heterocycles. The van der Waals surface area contributed by atoms with E-state index in [4.69, 9.17) is 5.11 Å². The van der Waals surface area contributed by atoms with E-state index in [9.17, 15) is 9.59 Å². The van der Waals surface area contributed by atoms with E-state index in [1.807, 2.05) is 0 Å². The quantitative estimate of drug-likeness (QED) is 0.533. The first-order chi connectivity index (χ1) is 6.58. The number of hydrogen-bond acceptors (Lipinski definition) is 3. The molecule has 0 atom stereocenters. The molecule has 0 spiro atoms. The second-order valence-corrected chi connectivity index (χ2v) is 3.84. The first-order valence-corrected chi connectivity index (χ1v) is 4.70. The summed E-state index contributed by atoms with van der Waals surface area (Å²) in [6.45, 7) is 2.00. The maximum Gasteiger partial charge on any atom is 0.239 e. The van der Waals surface area contributed by atoms with Crippen LogP contribution < -0.4 is 10.6 Å². The van der Waals surface area contributed by atoms with Gasteiger partial charge in [-0.1, -0.05) is 0 Å². The molecule has 1 saturated carbocycles. The number of carbonyl (C=O) groups excluding carboxylic acids is 2. The van der Waals surface area contributed by atoms with Crippen molar-refractivity contribution in [3.63, 3.8) is 0 Å². The Morgan fingerprint density at radius 2 is 2.00 bits per heavy atom. The van der Waals surface area contributed by atoms with Crippen LogP contribution in [0.2, 0.25) is 0 Å². The van der Waals surface area contributed by atoms with E-state index >= 15 is 0 Å². The second kappa shape index (κ2) is 4.41. The van der Waals surface area contributed by atoms with Crippen LogP contribution in [0, 0.1) is 5.41 Å². The Bertz CT molecular complexity index is 236.